The number of likely N-dealkylation sites (N-methyl/N-ethyl adjacent to an activating group) is 1. The lowest BCUT2D eigenvalue weighted by molar-refractivity contribution is -0.115. The lowest BCUT2D eigenvalue weighted by atomic mass is 10.0. The predicted octanol–water partition coefficient (Wildman–Crippen LogP) is 3.48. The van der Waals surface area contributed by atoms with Gasteiger partial charge >= 0.3 is 0 Å². The monoisotopic (exact) mass is 425 g/mol. The van der Waals surface area contributed by atoms with E-state index in [-0.39, 0.29) is 11.8 Å². The Kier molecular flexibility index (Phi) is 4.86. The highest BCUT2D eigenvalue weighted by Gasteiger charge is 2.25. The number of amides is 2. The third-order valence-corrected chi connectivity index (χ3v) is 5.81. The molecule has 1 aliphatic heterocycles. The first-order valence-electron chi connectivity index (χ1n) is 10.4. The molecule has 2 amide bonds. The minimum Gasteiger partial charge on any atom is -0.364 e. The molecular weight excluding hydrogens is 402 g/mol. The first-order chi connectivity index (χ1) is 15.5. The maximum absolute atomic E-state index is 13.3. The molecule has 0 radical (unpaired) electrons. The highest BCUT2D eigenvalue weighted by atomic mass is 16.2. The summed E-state index contributed by atoms with van der Waals surface area (Å²) < 4.78 is 2.01. The summed E-state index contributed by atoms with van der Waals surface area (Å²) in [5, 5.41) is 6.00. The van der Waals surface area contributed by atoms with E-state index in [4.69, 9.17) is 4.98 Å². The number of carbonyl (C=O) groups excluding carboxylic acids is 2. The van der Waals surface area contributed by atoms with Gasteiger partial charge in [-0.05, 0) is 35.9 Å². The van der Waals surface area contributed by atoms with Crippen molar-refractivity contribution in [3.05, 3.63) is 89.7 Å². The van der Waals surface area contributed by atoms with Crippen LogP contribution < -0.4 is 15.5 Å². The zero-order chi connectivity index (χ0) is 22.2. The molecule has 7 nitrogen and oxygen atoms in total. The number of para-hydroxylation sites is 2. The van der Waals surface area contributed by atoms with Crippen LogP contribution in [0.4, 0.5) is 11.4 Å². The summed E-state index contributed by atoms with van der Waals surface area (Å²) in [7, 11) is 3.81. The molecule has 3 aromatic carbocycles. The van der Waals surface area contributed by atoms with Gasteiger partial charge < -0.3 is 20.1 Å². The number of imidazole rings is 1. The van der Waals surface area contributed by atoms with Crippen molar-refractivity contribution in [3.63, 3.8) is 0 Å². The number of hydrogen-bond acceptors (Lipinski definition) is 4. The smallest absolute Gasteiger partial charge is 0.252 e. The summed E-state index contributed by atoms with van der Waals surface area (Å²) in [6.45, 7) is 0.293. The summed E-state index contributed by atoms with van der Waals surface area (Å²) in [5.41, 5.74) is 4.80. The van der Waals surface area contributed by atoms with Crippen LogP contribution in [-0.2, 0) is 11.8 Å². The molecular formula is C25H23N5O2. The number of fused-ring (bicyclic) bond motifs is 2. The van der Waals surface area contributed by atoms with Crippen molar-refractivity contribution in [3.8, 4) is 0 Å². The minimum atomic E-state index is -0.436. The van der Waals surface area contributed by atoms with E-state index in [9.17, 15) is 9.59 Å². The summed E-state index contributed by atoms with van der Waals surface area (Å²) in [6, 6.07) is 22.6. The van der Waals surface area contributed by atoms with Crippen molar-refractivity contribution in [2.24, 2.45) is 7.05 Å². The Bertz CT molecular complexity index is 1330. The third kappa shape index (κ3) is 3.47. The molecule has 1 atom stereocenters. The molecule has 1 aliphatic rings. The van der Waals surface area contributed by atoms with Crippen LogP contribution in [0, 0.1) is 0 Å². The molecule has 0 saturated heterocycles. The van der Waals surface area contributed by atoms with Crippen molar-refractivity contribution >= 4 is 34.2 Å². The first kappa shape index (κ1) is 19.8. The Morgan fingerprint density at radius 3 is 2.56 bits per heavy atom. The van der Waals surface area contributed by atoms with Crippen molar-refractivity contribution in [1.82, 2.24) is 14.9 Å². The number of nitrogens with zero attached hydrogens (tertiary/aromatic N) is 3. The third-order valence-electron chi connectivity index (χ3n) is 5.81. The van der Waals surface area contributed by atoms with Gasteiger partial charge in [-0.15, -0.1) is 0 Å². The summed E-state index contributed by atoms with van der Waals surface area (Å²) in [6.07, 6.45) is 0. The quantitative estimate of drug-likeness (QED) is 0.525. The van der Waals surface area contributed by atoms with E-state index in [0.29, 0.717) is 17.8 Å². The molecule has 0 saturated carbocycles. The van der Waals surface area contributed by atoms with Gasteiger partial charge in [0.15, 0.2) is 0 Å². The van der Waals surface area contributed by atoms with Gasteiger partial charge in [-0.2, -0.15) is 0 Å². The molecule has 2 N–H and O–H groups in total. The minimum absolute atomic E-state index is 0.0978. The Balaban J connectivity index is 1.52. The van der Waals surface area contributed by atoms with E-state index in [1.807, 2.05) is 84.2 Å². The SMILES string of the molecule is CN1CC(=O)Nc2cc(C(=O)NC(c3ccccc3)c3nc4ccccc4n3C)ccc21. The predicted molar refractivity (Wildman–Crippen MR) is 125 cm³/mol. The van der Waals surface area contributed by atoms with E-state index in [1.165, 1.54) is 0 Å². The van der Waals surface area contributed by atoms with Crippen LogP contribution in [0.25, 0.3) is 11.0 Å². The molecule has 0 bridgehead atoms. The average Bonchev–Trinajstić information content (AvgIpc) is 3.13. The maximum Gasteiger partial charge on any atom is 0.252 e. The molecule has 5 rings (SSSR count). The molecule has 2 heterocycles. The standard InChI is InChI=1S/C25H23N5O2/c1-29-15-22(31)26-19-14-17(12-13-20(19)29)25(32)28-23(16-8-4-3-5-9-16)24-27-18-10-6-7-11-21(18)30(24)2/h3-14,23H,15H2,1-2H3,(H,26,31)(H,28,32). The van der Waals surface area contributed by atoms with E-state index in [0.717, 1.165) is 28.1 Å². The molecule has 7 heteroatoms. The first-order valence-corrected chi connectivity index (χ1v) is 10.4. The molecule has 1 unspecified atom stereocenters. The number of hydrogen-bond donors (Lipinski definition) is 2. The van der Waals surface area contributed by atoms with Crippen LogP contribution in [-0.4, -0.2) is 35.0 Å². The van der Waals surface area contributed by atoms with Crippen molar-refractivity contribution in [2.45, 2.75) is 6.04 Å². The molecule has 32 heavy (non-hydrogen) atoms. The van der Waals surface area contributed by atoms with Crippen LogP contribution in [0.2, 0.25) is 0 Å². The second kappa shape index (κ2) is 7.85. The highest BCUT2D eigenvalue weighted by Crippen LogP contribution is 2.30. The topological polar surface area (TPSA) is 79.3 Å². The summed E-state index contributed by atoms with van der Waals surface area (Å²) in [4.78, 5) is 31.9. The van der Waals surface area contributed by atoms with Crippen LogP contribution >= 0.6 is 0 Å². The molecule has 4 aromatic rings. The fraction of sp³-hybridized carbons (Fsp3) is 0.160. The molecule has 0 spiro atoms. The molecule has 160 valence electrons. The number of anilines is 2. The average molecular weight is 425 g/mol. The fourth-order valence-corrected chi connectivity index (χ4v) is 4.18. The van der Waals surface area contributed by atoms with Gasteiger partial charge in [-0.1, -0.05) is 42.5 Å². The van der Waals surface area contributed by atoms with Crippen LogP contribution in [0.15, 0.2) is 72.8 Å². The van der Waals surface area contributed by atoms with E-state index < -0.39 is 6.04 Å². The van der Waals surface area contributed by atoms with E-state index in [1.54, 1.807) is 12.1 Å². The van der Waals surface area contributed by atoms with E-state index >= 15 is 0 Å². The second-order valence-electron chi connectivity index (χ2n) is 7.97. The van der Waals surface area contributed by atoms with Gasteiger partial charge in [0.2, 0.25) is 5.91 Å². The Morgan fingerprint density at radius 1 is 1.03 bits per heavy atom. The van der Waals surface area contributed by atoms with Gasteiger partial charge in [0, 0.05) is 19.7 Å². The zero-order valence-corrected chi connectivity index (χ0v) is 17.9. The number of nitrogens with one attached hydrogen (secondary N) is 2. The number of benzene rings is 3. The van der Waals surface area contributed by atoms with Crippen molar-refractivity contribution < 1.29 is 9.59 Å². The summed E-state index contributed by atoms with van der Waals surface area (Å²) >= 11 is 0. The number of carbonyl (C=O) groups is 2. The number of rotatable bonds is 4. The molecule has 0 aliphatic carbocycles. The normalized spacial score (nSPS) is 14.1. The highest BCUT2D eigenvalue weighted by molar-refractivity contribution is 6.04. The molecule has 1 aromatic heterocycles. The van der Waals surface area contributed by atoms with Crippen molar-refractivity contribution in [2.75, 3.05) is 23.8 Å². The lowest BCUT2D eigenvalue weighted by Crippen LogP contribution is -2.36. The lowest BCUT2D eigenvalue weighted by Gasteiger charge is -2.27. The van der Waals surface area contributed by atoms with Crippen molar-refractivity contribution in [1.29, 1.82) is 0 Å². The van der Waals surface area contributed by atoms with Gasteiger partial charge in [-0.3, -0.25) is 9.59 Å². The Morgan fingerprint density at radius 2 is 1.78 bits per heavy atom. The van der Waals surface area contributed by atoms with Gasteiger partial charge in [-0.25, -0.2) is 4.98 Å². The van der Waals surface area contributed by atoms with Crippen LogP contribution in [0.3, 0.4) is 0 Å². The molecule has 0 fully saturated rings. The van der Waals surface area contributed by atoms with Gasteiger partial charge in [0.05, 0.1) is 29.0 Å². The van der Waals surface area contributed by atoms with Crippen LogP contribution in [0.5, 0.6) is 0 Å². The fourth-order valence-electron chi connectivity index (χ4n) is 4.18. The number of aromatic nitrogens is 2. The Hall–Kier alpha value is -4.13. The zero-order valence-electron chi connectivity index (χ0n) is 17.9. The Labute approximate surface area is 185 Å². The van der Waals surface area contributed by atoms with E-state index in [2.05, 4.69) is 10.6 Å². The maximum atomic E-state index is 13.3. The summed E-state index contributed by atoms with van der Waals surface area (Å²) in [5.74, 6) is 0.410. The van der Waals surface area contributed by atoms with Crippen LogP contribution in [0.1, 0.15) is 27.8 Å². The van der Waals surface area contributed by atoms with Gasteiger partial charge in [0.25, 0.3) is 5.91 Å². The second-order valence-corrected chi connectivity index (χ2v) is 7.97. The number of aryl methyl sites for hydroxylation is 1. The van der Waals surface area contributed by atoms with Gasteiger partial charge in [0.1, 0.15) is 11.9 Å². The largest absolute Gasteiger partial charge is 0.364 e.